The van der Waals surface area contributed by atoms with Gasteiger partial charge in [0, 0.05) is 0 Å². The maximum absolute atomic E-state index is 11.9. The number of hydrogen-bond acceptors (Lipinski definition) is 3. The lowest BCUT2D eigenvalue weighted by atomic mass is 10.3. The van der Waals surface area contributed by atoms with Gasteiger partial charge in [-0.2, -0.15) is 0 Å². The number of benzene rings is 1. The quantitative estimate of drug-likeness (QED) is 0.779. The van der Waals surface area contributed by atoms with Crippen molar-refractivity contribution in [1.82, 2.24) is 15.3 Å². The highest BCUT2D eigenvalue weighted by Gasteiger charge is 2.12. The van der Waals surface area contributed by atoms with E-state index in [9.17, 15) is 4.79 Å². The average molecular weight is 320 g/mol. The summed E-state index contributed by atoms with van der Waals surface area (Å²) in [5, 5.41) is 2.78. The van der Waals surface area contributed by atoms with Gasteiger partial charge in [-0.25, -0.2) is 4.98 Å². The van der Waals surface area contributed by atoms with E-state index >= 15 is 0 Å². The van der Waals surface area contributed by atoms with Crippen LogP contribution in [0.1, 0.15) is 16.2 Å². The summed E-state index contributed by atoms with van der Waals surface area (Å²) in [6.07, 6.45) is 1.46. The number of nitrogens with one attached hydrogen (secondary N) is 2. The summed E-state index contributed by atoms with van der Waals surface area (Å²) in [5.41, 5.74) is 2.31. The fourth-order valence-electron chi connectivity index (χ4n) is 1.80. The van der Waals surface area contributed by atoms with E-state index in [2.05, 4.69) is 31.2 Å². The highest BCUT2D eigenvalue weighted by molar-refractivity contribution is 9.10. The van der Waals surface area contributed by atoms with Gasteiger partial charge in [-0.1, -0.05) is 12.1 Å². The van der Waals surface area contributed by atoms with Crippen LogP contribution in [0.25, 0.3) is 11.0 Å². The summed E-state index contributed by atoms with van der Waals surface area (Å²) in [6, 6.07) is 9.34. The zero-order chi connectivity index (χ0) is 13.2. The van der Waals surface area contributed by atoms with Gasteiger partial charge in [0.25, 0.3) is 5.91 Å². The summed E-state index contributed by atoms with van der Waals surface area (Å²) in [6.45, 7) is 0.338. The Morgan fingerprint density at radius 2 is 2.21 bits per heavy atom. The van der Waals surface area contributed by atoms with Crippen molar-refractivity contribution < 1.29 is 9.21 Å². The molecule has 0 aliphatic heterocycles. The van der Waals surface area contributed by atoms with E-state index in [-0.39, 0.29) is 5.91 Å². The van der Waals surface area contributed by atoms with Crippen molar-refractivity contribution in [2.24, 2.45) is 0 Å². The molecule has 0 spiro atoms. The highest BCUT2D eigenvalue weighted by Crippen LogP contribution is 2.17. The minimum absolute atomic E-state index is 0.207. The first-order chi connectivity index (χ1) is 9.24. The SMILES string of the molecule is O=C(NCc1nc2ccccc2[nH]1)c1ccoc1Br. The van der Waals surface area contributed by atoms with E-state index < -0.39 is 0 Å². The monoisotopic (exact) mass is 319 g/mol. The van der Waals surface area contributed by atoms with Crippen LogP contribution in [0.4, 0.5) is 0 Å². The zero-order valence-corrected chi connectivity index (χ0v) is 11.4. The van der Waals surface area contributed by atoms with Crippen LogP contribution in [0, 0.1) is 0 Å². The van der Waals surface area contributed by atoms with Crippen LogP contribution in [0.3, 0.4) is 0 Å². The molecule has 3 rings (SSSR count). The number of amides is 1. The molecule has 1 amide bonds. The number of hydrogen-bond donors (Lipinski definition) is 2. The molecule has 0 bridgehead atoms. The molecule has 2 aromatic heterocycles. The number of aromatic amines is 1. The zero-order valence-electron chi connectivity index (χ0n) is 9.81. The molecular formula is C13H10BrN3O2. The minimum Gasteiger partial charge on any atom is -0.457 e. The molecule has 0 atom stereocenters. The third-order valence-electron chi connectivity index (χ3n) is 2.72. The average Bonchev–Trinajstić information content (AvgIpc) is 3.01. The van der Waals surface area contributed by atoms with Gasteiger partial charge in [0.15, 0.2) is 4.67 Å². The molecule has 2 N–H and O–H groups in total. The number of aromatic nitrogens is 2. The van der Waals surface area contributed by atoms with Crippen molar-refractivity contribution >= 4 is 32.9 Å². The molecule has 0 fully saturated rings. The molecule has 0 saturated carbocycles. The van der Waals surface area contributed by atoms with Crippen molar-refractivity contribution in [2.45, 2.75) is 6.54 Å². The molecule has 0 saturated heterocycles. The Kier molecular flexibility index (Phi) is 3.08. The van der Waals surface area contributed by atoms with Crippen molar-refractivity contribution in [2.75, 3.05) is 0 Å². The molecule has 0 radical (unpaired) electrons. The molecule has 5 nitrogen and oxygen atoms in total. The molecule has 0 unspecified atom stereocenters. The van der Waals surface area contributed by atoms with Gasteiger partial charge >= 0.3 is 0 Å². The predicted molar refractivity (Wildman–Crippen MR) is 73.7 cm³/mol. The first-order valence-electron chi connectivity index (χ1n) is 5.69. The number of para-hydroxylation sites is 2. The number of imidazole rings is 1. The van der Waals surface area contributed by atoms with Crippen LogP contribution in [0.5, 0.6) is 0 Å². The van der Waals surface area contributed by atoms with Gasteiger partial charge in [-0.3, -0.25) is 4.79 Å². The van der Waals surface area contributed by atoms with E-state index in [0.717, 1.165) is 11.0 Å². The Labute approximate surface area is 117 Å². The molecule has 1 aromatic carbocycles. The lowest BCUT2D eigenvalue weighted by Gasteiger charge is -2.00. The number of carbonyl (C=O) groups is 1. The predicted octanol–water partition coefficient (Wildman–Crippen LogP) is 2.85. The summed E-state index contributed by atoms with van der Waals surface area (Å²) in [7, 11) is 0. The van der Waals surface area contributed by atoms with Gasteiger partial charge in [0.1, 0.15) is 5.82 Å². The molecule has 2 heterocycles. The smallest absolute Gasteiger partial charge is 0.256 e. The topological polar surface area (TPSA) is 70.9 Å². The van der Waals surface area contributed by atoms with Gasteiger partial charge in [0.05, 0.1) is 29.4 Å². The minimum atomic E-state index is -0.207. The summed E-state index contributed by atoms with van der Waals surface area (Å²) in [5.74, 6) is 0.509. The first-order valence-corrected chi connectivity index (χ1v) is 6.48. The molecule has 19 heavy (non-hydrogen) atoms. The van der Waals surface area contributed by atoms with Gasteiger partial charge < -0.3 is 14.7 Å². The van der Waals surface area contributed by atoms with E-state index in [1.165, 1.54) is 6.26 Å². The van der Waals surface area contributed by atoms with Crippen molar-refractivity contribution in [3.05, 3.63) is 52.7 Å². The van der Waals surface area contributed by atoms with Crippen molar-refractivity contribution in [3.63, 3.8) is 0 Å². The second-order valence-corrected chi connectivity index (χ2v) is 4.71. The Morgan fingerprint density at radius 3 is 2.95 bits per heavy atom. The van der Waals surface area contributed by atoms with E-state index in [1.807, 2.05) is 24.3 Å². The molecular weight excluding hydrogens is 310 g/mol. The number of carbonyl (C=O) groups excluding carboxylic acids is 1. The molecule has 6 heteroatoms. The van der Waals surface area contributed by atoms with Crippen molar-refractivity contribution in [3.8, 4) is 0 Å². The lowest BCUT2D eigenvalue weighted by Crippen LogP contribution is -2.23. The van der Waals surface area contributed by atoms with Crippen LogP contribution >= 0.6 is 15.9 Å². The fourth-order valence-corrected chi connectivity index (χ4v) is 2.22. The second-order valence-electron chi connectivity index (χ2n) is 3.99. The Morgan fingerprint density at radius 1 is 1.37 bits per heavy atom. The molecule has 0 aliphatic rings. The van der Waals surface area contributed by atoms with E-state index in [1.54, 1.807) is 6.07 Å². The molecule has 96 valence electrons. The third kappa shape index (κ3) is 2.39. The Hall–Kier alpha value is -2.08. The van der Waals surface area contributed by atoms with E-state index in [4.69, 9.17) is 4.42 Å². The number of halogens is 1. The van der Waals surface area contributed by atoms with Gasteiger partial charge in [0.2, 0.25) is 0 Å². The number of rotatable bonds is 3. The highest BCUT2D eigenvalue weighted by atomic mass is 79.9. The van der Waals surface area contributed by atoms with Gasteiger partial charge in [-0.05, 0) is 34.1 Å². The largest absolute Gasteiger partial charge is 0.457 e. The van der Waals surface area contributed by atoms with Crippen LogP contribution in [0.15, 0.2) is 45.7 Å². The summed E-state index contributed by atoms with van der Waals surface area (Å²) < 4.78 is 5.44. The summed E-state index contributed by atoms with van der Waals surface area (Å²) >= 11 is 3.17. The second kappa shape index (κ2) is 4.89. The standard InChI is InChI=1S/C13H10BrN3O2/c14-12-8(5-6-19-12)13(18)15-7-11-16-9-3-1-2-4-10(9)17-11/h1-6H,7H2,(H,15,18)(H,16,17). The van der Waals surface area contributed by atoms with Crippen LogP contribution in [-0.2, 0) is 6.54 Å². The van der Waals surface area contributed by atoms with E-state index in [0.29, 0.717) is 22.6 Å². The number of nitrogens with zero attached hydrogens (tertiary/aromatic N) is 1. The maximum Gasteiger partial charge on any atom is 0.256 e. The third-order valence-corrected chi connectivity index (χ3v) is 3.33. The number of fused-ring (bicyclic) bond motifs is 1. The van der Waals surface area contributed by atoms with Crippen LogP contribution in [-0.4, -0.2) is 15.9 Å². The Balaban J connectivity index is 1.72. The molecule has 0 aliphatic carbocycles. The maximum atomic E-state index is 11.9. The van der Waals surface area contributed by atoms with Gasteiger partial charge in [-0.15, -0.1) is 0 Å². The first kappa shape index (κ1) is 12.0. The fraction of sp³-hybridized carbons (Fsp3) is 0.0769. The Bertz CT molecular complexity index is 699. The van der Waals surface area contributed by atoms with Crippen LogP contribution in [0.2, 0.25) is 0 Å². The normalized spacial score (nSPS) is 10.8. The van der Waals surface area contributed by atoms with Crippen LogP contribution < -0.4 is 5.32 Å². The lowest BCUT2D eigenvalue weighted by molar-refractivity contribution is 0.0948. The summed E-state index contributed by atoms with van der Waals surface area (Å²) in [4.78, 5) is 19.4. The molecule has 3 aromatic rings. The number of furan rings is 1. The number of H-pyrrole nitrogens is 1. The van der Waals surface area contributed by atoms with Crippen molar-refractivity contribution in [1.29, 1.82) is 0 Å².